The van der Waals surface area contributed by atoms with E-state index in [2.05, 4.69) is 5.32 Å². The molecule has 0 aliphatic carbocycles. The molecule has 0 aromatic heterocycles. The highest BCUT2D eigenvalue weighted by atomic mass is 19.1. The van der Waals surface area contributed by atoms with E-state index in [1.165, 1.54) is 0 Å². The predicted molar refractivity (Wildman–Crippen MR) is 66.3 cm³/mol. The van der Waals surface area contributed by atoms with E-state index in [1.54, 1.807) is 0 Å². The van der Waals surface area contributed by atoms with Crippen molar-refractivity contribution in [1.29, 1.82) is 0 Å². The van der Waals surface area contributed by atoms with Gasteiger partial charge in [0, 0.05) is 6.07 Å². The van der Waals surface area contributed by atoms with Crippen molar-refractivity contribution >= 4 is 17.6 Å². The number of carboxylic acid groups (broad SMARTS) is 1. The molecule has 1 aliphatic heterocycles. The maximum absolute atomic E-state index is 13.2. The molecule has 1 aromatic carbocycles. The first-order valence-electron chi connectivity index (χ1n) is 5.95. The molecule has 0 radical (unpaired) electrons. The summed E-state index contributed by atoms with van der Waals surface area (Å²) in [5.41, 5.74) is -1.02. The van der Waals surface area contributed by atoms with Gasteiger partial charge in [0.25, 0.3) is 11.6 Å². The number of hydrogen-bond donors (Lipinski definition) is 2. The summed E-state index contributed by atoms with van der Waals surface area (Å²) in [5.74, 6) is -3.81. The first-order chi connectivity index (χ1) is 9.90. The van der Waals surface area contributed by atoms with E-state index in [9.17, 15) is 24.1 Å². The van der Waals surface area contributed by atoms with Crippen molar-refractivity contribution in [3.05, 3.63) is 39.7 Å². The lowest BCUT2D eigenvalue weighted by Gasteiger charge is -2.15. The average Bonchev–Trinajstić information content (AvgIpc) is 2.86. The topological polar surface area (TPSA) is 119 Å². The summed E-state index contributed by atoms with van der Waals surface area (Å²) in [7, 11) is 0. The van der Waals surface area contributed by atoms with Gasteiger partial charge in [0.1, 0.15) is 17.3 Å². The highest BCUT2D eigenvalue weighted by Gasteiger charge is 2.36. The fraction of sp³-hybridized carbons (Fsp3) is 0.333. The highest BCUT2D eigenvalue weighted by molar-refractivity contribution is 5.98. The number of nitro groups is 1. The van der Waals surface area contributed by atoms with Crippen molar-refractivity contribution < 1.29 is 28.7 Å². The molecule has 1 fully saturated rings. The van der Waals surface area contributed by atoms with Gasteiger partial charge in [0.15, 0.2) is 0 Å². The van der Waals surface area contributed by atoms with E-state index in [0.29, 0.717) is 0 Å². The van der Waals surface area contributed by atoms with Gasteiger partial charge < -0.3 is 15.2 Å². The van der Waals surface area contributed by atoms with Crippen LogP contribution in [0.15, 0.2) is 18.2 Å². The van der Waals surface area contributed by atoms with Gasteiger partial charge in [-0.1, -0.05) is 0 Å². The smallest absolute Gasteiger partial charge is 0.311 e. The summed E-state index contributed by atoms with van der Waals surface area (Å²) >= 11 is 0. The Morgan fingerprint density at radius 2 is 2.14 bits per heavy atom. The number of halogens is 1. The molecule has 0 saturated carbocycles. The Morgan fingerprint density at radius 3 is 2.76 bits per heavy atom. The molecule has 1 heterocycles. The van der Waals surface area contributed by atoms with E-state index in [-0.39, 0.29) is 13.2 Å². The van der Waals surface area contributed by atoms with Crippen LogP contribution < -0.4 is 5.32 Å². The number of nitrogens with zero attached hydrogens (tertiary/aromatic N) is 1. The molecule has 0 bridgehead atoms. The standard InChI is InChI=1S/C12H11FN2O6/c13-6-1-2-10(15(19)20)7(3-6)11(16)14-9-5-21-4-8(9)12(17)18/h1-3,8-9H,4-5H2,(H,14,16)(H,17,18). The van der Waals surface area contributed by atoms with Crippen molar-refractivity contribution in [1.82, 2.24) is 5.32 Å². The molecule has 8 nitrogen and oxygen atoms in total. The molecule has 1 aromatic rings. The Labute approximate surface area is 117 Å². The van der Waals surface area contributed by atoms with Crippen LogP contribution in [0.4, 0.5) is 10.1 Å². The highest BCUT2D eigenvalue weighted by Crippen LogP contribution is 2.21. The second-order valence-electron chi connectivity index (χ2n) is 4.48. The number of ether oxygens (including phenoxy) is 1. The van der Waals surface area contributed by atoms with Crippen LogP contribution in [0, 0.1) is 21.8 Å². The predicted octanol–water partition coefficient (Wildman–Crippen LogP) is 0.563. The number of nitrogens with one attached hydrogen (secondary N) is 1. The summed E-state index contributed by atoms with van der Waals surface area (Å²) in [4.78, 5) is 33.0. The van der Waals surface area contributed by atoms with Gasteiger partial charge in [-0.2, -0.15) is 0 Å². The monoisotopic (exact) mass is 298 g/mol. The maximum atomic E-state index is 13.2. The van der Waals surface area contributed by atoms with Gasteiger partial charge in [-0.3, -0.25) is 19.7 Å². The number of rotatable bonds is 4. The molecule has 2 N–H and O–H groups in total. The number of nitro benzene ring substituents is 1. The minimum Gasteiger partial charge on any atom is -0.481 e. The number of aliphatic carboxylic acids is 1. The van der Waals surface area contributed by atoms with Crippen molar-refractivity contribution in [3.8, 4) is 0 Å². The van der Waals surface area contributed by atoms with Crippen LogP contribution in [0.3, 0.4) is 0 Å². The number of hydrogen-bond acceptors (Lipinski definition) is 5. The minimum atomic E-state index is -1.15. The number of carbonyl (C=O) groups is 2. The summed E-state index contributed by atoms with van der Waals surface area (Å²) in [6.07, 6.45) is 0. The molecular formula is C12H11FN2O6. The van der Waals surface area contributed by atoms with Gasteiger partial charge in [-0.05, 0) is 12.1 Å². The average molecular weight is 298 g/mol. The third-order valence-electron chi connectivity index (χ3n) is 3.11. The van der Waals surface area contributed by atoms with Gasteiger partial charge in [-0.15, -0.1) is 0 Å². The number of amides is 1. The lowest BCUT2D eigenvalue weighted by atomic mass is 10.0. The summed E-state index contributed by atoms with van der Waals surface area (Å²) in [5, 5.41) is 22.1. The Hall–Kier alpha value is -2.55. The van der Waals surface area contributed by atoms with E-state index >= 15 is 0 Å². The van der Waals surface area contributed by atoms with Crippen LogP contribution in [0.25, 0.3) is 0 Å². The van der Waals surface area contributed by atoms with Crippen molar-refractivity contribution in [2.45, 2.75) is 6.04 Å². The molecular weight excluding hydrogens is 287 g/mol. The third-order valence-corrected chi connectivity index (χ3v) is 3.11. The molecule has 112 valence electrons. The molecule has 1 aliphatic rings. The molecule has 2 unspecified atom stereocenters. The Morgan fingerprint density at radius 1 is 1.43 bits per heavy atom. The van der Waals surface area contributed by atoms with Crippen LogP contribution >= 0.6 is 0 Å². The fourth-order valence-electron chi connectivity index (χ4n) is 2.04. The first-order valence-corrected chi connectivity index (χ1v) is 5.95. The Kier molecular flexibility index (Phi) is 4.13. The van der Waals surface area contributed by atoms with Crippen molar-refractivity contribution in [2.75, 3.05) is 13.2 Å². The summed E-state index contributed by atoms with van der Waals surface area (Å²) in [6.45, 7) is -0.0860. The zero-order chi connectivity index (χ0) is 15.6. The van der Waals surface area contributed by atoms with Crippen LogP contribution in [0.1, 0.15) is 10.4 Å². The lowest BCUT2D eigenvalue weighted by Crippen LogP contribution is -2.42. The van der Waals surface area contributed by atoms with Crippen LogP contribution in [-0.2, 0) is 9.53 Å². The van der Waals surface area contributed by atoms with Crippen LogP contribution in [-0.4, -0.2) is 41.2 Å². The molecule has 2 atom stereocenters. The normalized spacial score (nSPS) is 21.0. The second kappa shape index (κ2) is 5.83. The number of carboxylic acids is 1. The van der Waals surface area contributed by atoms with E-state index < -0.39 is 45.8 Å². The second-order valence-corrected chi connectivity index (χ2v) is 4.48. The molecule has 0 spiro atoms. The minimum absolute atomic E-state index is 0.0220. The van der Waals surface area contributed by atoms with Gasteiger partial charge in [-0.25, -0.2) is 4.39 Å². The maximum Gasteiger partial charge on any atom is 0.311 e. The van der Waals surface area contributed by atoms with E-state index in [0.717, 1.165) is 18.2 Å². The molecule has 1 amide bonds. The molecule has 9 heteroatoms. The van der Waals surface area contributed by atoms with E-state index in [4.69, 9.17) is 9.84 Å². The fourth-order valence-corrected chi connectivity index (χ4v) is 2.04. The van der Waals surface area contributed by atoms with Gasteiger partial charge in [0.2, 0.25) is 0 Å². The van der Waals surface area contributed by atoms with Gasteiger partial charge >= 0.3 is 5.97 Å². The summed E-state index contributed by atoms with van der Waals surface area (Å²) in [6, 6.07) is 1.66. The van der Waals surface area contributed by atoms with Crippen molar-refractivity contribution in [2.24, 2.45) is 5.92 Å². The Balaban J connectivity index is 2.22. The van der Waals surface area contributed by atoms with Gasteiger partial charge in [0.05, 0.1) is 24.2 Å². The van der Waals surface area contributed by atoms with E-state index in [1.807, 2.05) is 0 Å². The first kappa shape index (κ1) is 14.9. The van der Waals surface area contributed by atoms with Crippen LogP contribution in [0.5, 0.6) is 0 Å². The quantitative estimate of drug-likeness (QED) is 0.619. The van der Waals surface area contributed by atoms with Crippen molar-refractivity contribution in [3.63, 3.8) is 0 Å². The third kappa shape index (κ3) is 3.14. The zero-order valence-electron chi connectivity index (χ0n) is 10.6. The van der Waals surface area contributed by atoms with Crippen LogP contribution in [0.2, 0.25) is 0 Å². The SMILES string of the molecule is O=C(NC1COCC1C(=O)O)c1cc(F)ccc1[N+](=O)[O-]. The zero-order valence-corrected chi connectivity index (χ0v) is 10.6. The number of benzene rings is 1. The molecule has 1 saturated heterocycles. The largest absolute Gasteiger partial charge is 0.481 e. The lowest BCUT2D eigenvalue weighted by molar-refractivity contribution is -0.385. The summed E-state index contributed by atoms with van der Waals surface area (Å²) < 4.78 is 18.1. The Bertz CT molecular complexity index is 605. The molecule has 21 heavy (non-hydrogen) atoms. The number of carbonyl (C=O) groups excluding carboxylic acids is 1. The molecule has 2 rings (SSSR count).